The van der Waals surface area contributed by atoms with E-state index in [9.17, 15) is 9.90 Å². The number of likely N-dealkylation sites (tertiary alicyclic amines) is 1. The molecule has 3 saturated heterocycles. The molecule has 11 heteroatoms. The van der Waals surface area contributed by atoms with Gasteiger partial charge in [0.25, 0.3) is 0 Å². The van der Waals surface area contributed by atoms with Crippen molar-refractivity contribution in [3.05, 3.63) is 52.7 Å². The molecule has 0 saturated carbocycles. The number of anilines is 2. The highest BCUT2D eigenvalue weighted by Crippen LogP contribution is 2.42. The first-order chi connectivity index (χ1) is 22.6. The average molecular weight is 663 g/mol. The van der Waals surface area contributed by atoms with E-state index in [2.05, 4.69) is 46.0 Å². The zero-order valence-corrected chi connectivity index (χ0v) is 28.7. The summed E-state index contributed by atoms with van der Waals surface area (Å²) in [6.07, 6.45) is 4.27. The lowest BCUT2D eigenvalue weighted by molar-refractivity contribution is 0.00996. The fraction of sp³-hybridized carbons (Fsp3) is 0.583. The van der Waals surface area contributed by atoms with Crippen molar-refractivity contribution in [2.45, 2.75) is 83.1 Å². The molecule has 10 nitrogen and oxygen atoms in total. The molecule has 1 amide bonds. The molecule has 2 bridgehead atoms. The third-order valence-electron chi connectivity index (χ3n) is 10.4. The normalized spacial score (nSPS) is 24.6. The molecule has 4 aliphatic rings. The molecule has 5 heterocycles. The third kappa shape index (κ3) is 6.44. The molecule has 252 valence electrons. The molecule has 0 aliphatic carbocycles. The van der Waals surface area contributed by atoms with Crippen LogP contribution in [0.15, 0.2) is 36.4 Å². The number of hydrogen-bond donors (Lipinski definition) is 1. The van der Waals surface area contributed by atoms with Gasteiger partial charge in [-0.15, -0.1) is 0 Å². The van der Waals surface area contributed by atoms with Gasteiger partial charge in [0.15, 0.2) is 0 Å². The fourth-order valence-corrected chi connectivity index (χ4v) is 8.42. The molecule has 4 aliphatic heterocycles. The van der Waals surface area contributed by atoms with Crippen molar-refractivity contribution in [1.29, 1.82) is 0 Å². The van der Waals surface area contributed by atoms with Gasteiger partial charge in [-0.1, -0.05) is 35.9 Å². The van der Waals surface area contributed by atoms with Crippen molar-refractivity contribution in [1.82, 2.24) is 19.8 Å². The van der Waals surface area contributed by atoms with E-state index >= 15 is 0 Å². The van der Waals surface area contributed by atoms with Crippen LogP contribution in [0.2, 0.25) is 5.02 Å². The highest BCUT2D eigenvalue weighted by molar-refractivity contribution is 6.36. The standard InChI is InChI=1S/C36H47ClN6O4/c1-36(2,3)47-35(45)43-26-18-24(14-17-44)31(43)21-42(19-26)33-27-13-16-41(30-12-6-9-23-8-5-11-28(37)32(23)30)20-29(27)38-34(39-33)46-22-25-10-7-15-40(25)4/h5-6,8-9,11-12,24-26,31,44H,7,10,13-22H2,1-4H3/t24?,25-,26+,31?/m0/s1. The lowest BCUT2D eigenvalue weighted by Crippen LogP contribution is -2.58. The number of likely N-dealkylation sites (N-methyl/N-ethyl adjacent to an activating group) is 1. The summed E-state index contributed by atoms with van der Waals surface area (Å²) in [5, 5.41) is 12.8. The van der Waals surface area contributed by atoms with E-state index in [1.165, 1.54) is 6.42 Å². The first-order valence-electron chi connectivity index (χ1n) is 17.1. The smallest absolute Gasteiger partial charge is 0.410 e. The van der Waals surface area contributed by atoms with Crippen LogP contribution in [0.25, 0.3) is 10.8 Å². The van der Waals surface area contributed by atoms with E-state index in [0.29, 0.717) is 44.7 Å². The summed E-state index contributed by atoms with van der Waals surface area (Å²) in [7, 11) is 2.15. The molecular formula is C36H47ClN6O4. The van der Waals surface area contributed by atoms with Crippen molar-refractivity contribution in [3.63, 3.8) is 0 Å². The van der Waals surface area contributed by atoms with Crippen LogP contribution in [-0.4, -0.2) is 101 Å². The number of halogens is 1. The topological polar surface area (TPSA) is 94.5 Å². The number of carbonyl (C=O) groups excluding carboxylic acids is 1. The van der Waals surface area contributed by atoms with Crippen LogP contribution >= 0.6 is 11.6 Å². The first-order valence-corrected chi connectivity index (χ1v) is 17.5. The van der Waals surface area contributed by atoms with Gasteiger partial charge in [-0.05, 0) is 89.9 Å². The summed E-state index contributed by atoms with van der Waals surface area (Å²) in [6.45, 7) is 10.1. The van der Waals surface area contributed by atoms with Crippen LogP contribution in [0.1, 0.15) is 57.7 Å². The van der Waals surface area contributed by atoms with Crippen molar-refractivity contribution in [2.75, 3.05) is 56.2 Å². The second-order valence-corrected chi connectivity index (χ2v) is 15.1. The van der Waals surface area contributed by atoms with Crippen molar-refractivity contribution in [3.8, 4) is 6.01 Å². The molecular weight excluding hydrogens is 616 g/mol. The monoisotopic (exact) mass is 662 g/mol. The average Bonchev–Trinajstić information content (AvgIpc) is 3.55. The summed E-state index contributed by atoms with van der Waals surface area (Å²) in [5.41, 5.74) is 2.63. The minimum atomic E-state index is -0.578. The maximum absolute atomic E-state index is 13.4. The number of fused-ring (bicyclic) bond motifs is 4. The van der Waals surface area contributed by atoms with Gasteiger partial charge in [0.1, 0.15) is 18.0 Å². The lowest BCUT2D eigenvalue weighted by Gasteiger charge is -2.43. The number of aliphatic hydroxyl groups excluding tert-OH is 1. The number of ether oxygens (including phenoxy) is 2. The Bertz CT molecular complexity index is 1630. The maximum Gasteiger partial charge on any atom is 0.410 e. The molecule has 4 atom stereocenters. The van der Waals surface area contributed by atoms with Crippen LogP contribution in [0.5, 0.6) is 6.01 Å². The van der Waals surface area contributed by atoms with Crippen LogP contribution in [0.3, 0.4) is 0 Å². The Labute approximate surface area is 282 Å². The van der Waals surface area contributed by atoms with E-state index in [-0.39, 0.29) is 30.7 Å². The summed E-state index contributed by atoms with van der Waals surface area (Å²) in [5.74, 6) is 1.10. The summed E-state index contributed by atoms with van der Waals surface area (Å²) in [4.78, 5) is 32.6. The summed E-state index contributed by atoms with van der Waals surface area (Å²) >= 11 is 6.75. The molecule has 1 aromatic heterocycles. The lowest BCUT2D eigenvalue weighted by atomic mass is 9.96. The zero-order valence-electron chi connectivity index (χ0n) is 28.0. The summed E-state index contributed by atoms with van der Waals surface area (Å²) < 4.78 is 12.2. The van der Waals surface area contributed by atoms with Crippen molar-refractivity contribution >= 4 is 40.0 Å². The summed E-state index contributed by atoms with van der Waals surface area (Å²) in [6, 6.07) is 13.0. The number of amides is 1. The predicted octanol–water partition coefficient (Wildman–Crippen LogP) is 5.52. The Morgan fingerprint density at radius 1 is 1.09 bits per heavy atom. The van der Waals surface area contributed by atoms with Crippen LogP contribution in [0.4, 0.5) is 16.3 Å². The Morgan fingerprint density at radius 2 is 1.89 bits per heavy atom. The van der Waals surface area contributed by atoms with Crippen molar-refractivity contribution in [2.24, 2.45) is 5.92 Å². The minimum Gasteiger partial charge on any atom is -0.462 e. The number of piperazine rings is 1. The van der Waals surface area contributed by atoms with Gasteiger partial charge in [-0.2, -0.15) is 9.97 Å². The molecule has 47 heavy (non-hydrogen) atoms. The zero-order chi connectivity index (χ0) is 32.9. The highest BCUT2D eigenvalue weighted by atomic mass is 35.5. The van der Waals surface area contributed by atoms with Crippen LogP contribution < -0.4 is 14.5 Å². The number of carbonyl (C=O) groups is 1. The van der Waals surface area contributed by atoms with Crippen LogP contribution in [0, 0.1) is 5.92 Å². The van der Waals surface area contributed by atoms with Gasteiger partial charge in [0, 0.05) is 48.9 Å². The number of rotatable bonds is 7. The SMILES string of the molecule is CN1CCC[C@H]1COc1nc2c(c(N3CC4C(CCO)C[C@H](C3)N4C(=O)OC(C)(C)C)n1)CCN(c1cccc3cccc(Cl)c13)C2. The number of benzene rings is 2. The largest absolute Gasteiger partial charge is 0.462 e. The second kappa shape index (κ2) is 12.9. The third-order valence-corrected chi connectivity index (χ3v) is 10.7. The highest BCUT2D eigenvalue weighted by Gasteiger charge is 2.50. The first kappa shape index (κ1) is 32.2. The Hall–Kier alpha value is -3.34. The number of aromatic nitrogens is 2. The molecule has 2 aromatic carbocycles. The molecule has 2 unspecified atom stereocenters. The van der Waals surface area contributed by atoms with Gasteiger partial charge >= 0.3 is 12.1 Å². The van der Waals surface area contributed by atoms with E-state index in [4.69, 9.17) is 31.0 Å². The molecule has 3 aromatic rings. The van der Waals surface area contributed by atoms with Gasteiger partial charge in [0.05, 0.1) is 29.3 Å². The molecule has 1 N–H and O–H groups in total. The van der Waals surface area contributed by atoms with E-state index < -0.39 is 5.60 Å². The van der Waals surface area contributed by atoms with E-state index in [0.717, 1.165) is 70.9 Å². The fourth-order valence-electron chi connectivity index (χ4n) is 8.14. The second-order valence-electron chi connectivity index (χ2n) is 14.7. The molecule has 7 rings (SSSR count). The molecule has 0 spiro atoms. The quantitative estimate of drug-likeness (QED) is 0.351. The van der Waals surface area contributed by atoms with Gasteiger partial charge in [-0.3, -0.25) is 4.90 Å². The van der Waals surface area contributed by atoms with E-state index in [1.54, 1.807) is 0 Å². The number of hydrogen-bond acceptors (Lipinski definition) is 9. The van der Waals surface area contributed by atoms with Gasteiger partial charge < -0.3 is 29.3 Å². The Morgan fingerprint density at radius 3 is 2.64 bits per heavy atom. The van der Waals surface area contributed by atoms with Crippen LogP contribution in [-0.2, 0) is 17.7 Å². The Kier molecular flexibility index (Phi) is 8.87. The predicted molar refractivity (Wildman–Crippen MR) is 185 cm³/mol. The number of aliphatic hydroxyl groups is 1. The van der Waals surface area contributed by atoms with Gasteiger partial charge in [-0.25, -0.2) is 4.79 Å². The maximum atomic E-state index is 13.4. The Balaban J connectivity index is 1.22. The minimum absolute atomic E-state index is 0.0276. The van der Waals surface area contributed by atoms with Crippen molar-refractivity contribution < 1.29 is 19.4 Å². The van der Waals surface area contributed by atoms with E-state index in [1.807, 2.05) is 37.8 Å². The van der Waals surface area contributed by atoms with Gasteiger partial charge in [0.2, 0.25) is 0 Å². The molecule has 3 fully saturated rings. The number of nitrogens with zero attached hydrogens (tertiary/aromatic N) is 6. The molecule has 0 radical (unpaired) electrons.